The Morgan fingerprint density at radius 2 is 1.66 bits per heavy atom. The Balaban J connectivity index is 1.13. The summed E-state index contributed by atoms with van der Waals surface area (Å²) in [4.78, 5) is 47.8. The van der Waals surface area contributed by atoms with Crippen LogP contribution in [0, 0.1) is 0 Å². The summed E-state index contributed by atoms with van der Waals surface area (Å²) in [7, 11) is 0. The third-order valence-electron chi connectivity index (χ3n) is 9.75. The van der Waals surface area contributed by atoms with Gasteiger partial charge in [-0.2, -0.15) is 13.2 Å². The van der Waals surface area contributed by atoms with E-state index in [2.05, 4.69) is 20.9 Å². The molecule has 2 aromatic rings. The zero-order valence-corrected chi connectivity index (χ0v) is 27.5. The minimum Gasteiger partial charge on any atom is -0.397 e. The molecule has 6 rings (SSSR count). The molecule has 5 heterocycles. The van der Waals surface area contributed by atoms with Gasteiger partial charge >= 0.3 is 18.2 Å². The molecule has 0 radical (unpaired) electrons. The maximum Gasteiger partial charge on any atom is 0.418 e. The maximum atomic E-state index is 13.9. The molecule has 0 bridgehead atoms. The fourth-order valence-electron chi connectivity index (χ4n) is 7.09. The first-order valence-electron chi connectivity index (χ1n) is 16.0. The quantitative estimate of drug-likeness (QED) is 0.338. The lowest BCUT2D eigenvalue weighted by atomic mass is 9.98. The van der Waals surface area contributed by atoms with E-state index in [0.29, 0.717) is 51.6 Å². The molecule has 0 unspecified atom stereocenters. The number of carbonyl (C=O) groups is 3. The zero-order valence-electron chi connectivity index (χ0n) is 26.0. The van der Waals surface area contributed by atoms with Crippen molar-refractivity contribution in [2.24, 2.45) is 0 Å². The van der Waals surface area contributed by atoms with Crippen LogP contribution in [0.4, 0.5) is 34.1 Å². The molecule has 16 heteroatoms. The summed E-state index contributed by atoms with van der Waals surface area (Å²) in [5, 5.41) is 12.8. The summed E-state index contributed by atoms with van der Waals surface area (Å²) in [6.07, 6.45) is -2.24. The molecule has 0 spiro atoms. The molecule has 11 nitrogen and oxygen atoms in total. The maximum absolute atomic E-state index is 13.9. The number of rotatable bonds is 6. The van der Waals surface area contributed by atoms with Crippen LogP contribution in [0.2, 0.25) is 5.02 Å². The molecule has 1 atom stereocenters. The standard InChI is InChI=1S/C31H40ClF3N8O3S/c32-24-14-19(13-23(27(24)36)31(33,34)35)15-25(28(44)41-7-1-21(2-8-41)40-11-5-37-6-12-40)38-29(45)42-9-3-22(4-10-42)43-16-20-17-47-18-26(20)39-30(43)46/h13-14,17-18,21-22,25,37H,1-12,15-16,36H2,(H,38,45)(H,39,46)/t25-/m1/s1. The number of anilines is 2. The lowest BCUT2D eigenvalue weighted by Gasteiger charge is -2.42. The highest BCUT2D eigenvalue weighted by Gasteiger charge is 2.38. The number of nitrogens with zero attached hydrogens (tertiary/aromatic N) is 4. The first-order valence-corrected chi connectivity index (χ1v) is 17.4. The Labute approximate surface area is 280 Å². The van der Waals surface area contributed by atoms with Crippen LogP contribution in [0.25, 0.3) is 0 Å². The molecule has 4 aliphatic rings. The number of benzene rings is 1. The van der Waals surface area contributed by atoms with E-state index in [-0.39, 0.29) is 35.0 Å². The van der Waals surface area contributed by atoms with E-state index in [4.69, 9.17) is 17.3 Å². The van der Waals surface area contributed by atoms with Crippen molar-refractivity contribution in [3.8, 4) is 0 Å². The second-order valence-corrected chi connectivity index (χ2v) is 13.8. The van der Waals surface area contributed by atoms with E-state index in [1.807, 2.05) is 10.8 Å². The van der Waals surface area contributed by atoms with Gasteiger partial charge in [0.25, 0.3) is 0 Å². The van der Waals surface area contributed by atoms with Crippen molar-refractivity contribution in [2.45, 2.75) is 63.0 Å². The minimum absolute atomic E-state index is 0.0563. The number of piperidine rings is 2. The van der Waals surface area contributed by atoms with E-state index in [1.165, 1.54) is 17.4 Å². The summed E-state index contributed by atoms with van der Waals surface area (Å²) in [5.74, 6) is -0.343. The highest BCUT2D eigenvalue weighted by atomic mass is 35.5. The molecule has 3 saturated heterocycles. The van der Waals surface area contributed by atoms with Crippen molar-refractivity contribution >= 4 is 52.3 Å². The Morgan fingerprint density at radius 3 is 2.34 bits per heavy atom. The Kier molecular flexibility index (Phi) is 10.1. The van der Waals surface area contributed by atoms with E-state index in [0.717, 1.165) is 56.3 Å². The molecule has 256 valence electrons. The van der Waals surface area contributed by atoms with Gasteiger partial charge in [-0.1, -0.05) is 11.6 Å². The first-order chi connectivity index (χ1) is 22.5. The molecule has 47 heavy (non-hydrogen) atoms. The van der Waals surface area contributed by atoms with Crippen molar-refractivity contribution in [1.29, 1.82) is 0 Å². The second kappa shape index (κ2) is 14.1. The largest absolute Gasteiger partial charge is 0.418 e. The second-order valence-electron chi connectivity index (χ2n) is 12.7. The summed E-state index contributed by atoms with van der Waals surface area (Å²) in [6, 6.07) is 0.778. The smallest absolute Gasteiger partial charge is 0.397 e. The molecule has 1 aromatic carbocycles. The molecule has 3 fully saturated rings. The fraction of sp³-hybridized carbons (Fsp3) is 0.581. The predicted molar refractivity (Wildman–Crippen MR) is 174 cm³/mol. The Bertz CT molecular complexity index is 1470. The van der Waals surface area contributed by atoms with E-state index >= 15 is 0 Å². The monoisotopic (exact) mass is 696 g/mol. The third-order valence-corrected chi connectivity index (χ3v) is 10.9. The van der Waals surface area contributed by atoms with Crippen molar-refractivity contribution in [3.63, 3.8) is 0 Å². The number of amides is 5. The number of halogens is 4. The highest BCUT2D eigenvalue weighted by molar-refractivity contribution is 7.08. The van der Waals surface area contributed by atoms with Crippen LogP contribution in [0.5, 0.6) is 0 Å². The van der Waals surface area contributed by atoms with Crippen LogP contribution in [0.1, 0.15) is 42.4 Å². The average Bonchev–Trinajstić information content (AvgIpc) is 3.52. The number of urea groups is 2. The Hall–Kier alpha value is -3.27. The van der Waals surface area contributed by atoms with E-state index in [1.54, 1.807) is 14.7 Å². The lowest BCUT2D eigenvalue weighted by Crippen LogP contribution is -2.58. The molecular formula is C31H40ClF3N8O3S. The van der Waals surface area contributed by atoms with Crippen LogP contribution < -0.4 is 21.7 Å². The van der Waals surface area contributed by atoms with Gasteiger partial charge < -0.3 is 36.4 Å². The number of nitrogens with one attached hydrogen (secondary N) is 3. The SMILES string of the molecule is Nc1c(Cl)cc(C[C@@H](NC(=O)N2CCC(N3Cc4cscc4NC3=O)CC2)C(=O)N2CCC(N3CCNCC3)CC2)cc1C(F)(F)F. The molecule has 0 saturated carbocycles. The van der Waals surface area contributed by atoms with Gasteiger partial charge in [0.2, 0.25) is 5.91 Å². The number of likely N-dealkylation sites (tertiary alicyclic amines) is 2. The van der Waals surface area contributed by atoms with Gasteiger partial charge in [-0.3, -0.25) is 9.69 Å². The van der Waals surface area contributed by atoms with Crippen LogP contribution in [0.3, 0.4) is 0 Å². The van der Waals surface area contributed by atoms with Gasteiger partial charge in [0.15, 0.2) is 0 Å². The predicted octanol–water partition coefficient (Wildman–Crippen LogP) is 4.03. The van der Waals surface area contributed by atoms with Crippen LogP contribution in [-0.4, -0.2) is 108 Å². The normalized spacial score (nSPS) is 20.9. The molecule has 0 aliphatic carbocycles. The van der Waals surface area contributed by atoms with E-state index in [9.17, 15) is 27.6 Å². The summed E-state index contributed by atoms with van der Waals surface area (Å²) in [5.41, 5.74) is 6.04. The highest BCUT2D eigenvalue weighted by Crippen LogP contribution is 2.38. The number of fused-ring (bicyclic) bond motifs is 1. The minimum atomic E-state index is -4.74. The lowest BCUT2D eigenvalue weighted by molar-refractivity contribution is -0.137. The number of carbonyl (C=O) groups excluding carboxylic acids is 3. The number of hydrogen-bond acceptors (Lipinski definition) is 7. The molecule has 1 aromatic heterocycles. The number of hydrogen-bond donors (Lipinski definition) is 4. The van der Waals surface area contributed by atoms with Gasteiger partial charge in [-0.25, -0.2) is 9.59 Å². The first kappa shape index (κ1) is 33.6. The number of piperazine rings is 1. The van der Waals surface area contributed by atoms with Crippen molar-refractivity contribution in [3.05, 3.63) is 44.6 Å². The summed E-state index contributed by atoms with van der Waals surface area (Å²) in [6.45, 7) is 5.96. The average molecular weight is 697 g/mol. The molecule has 5 N–H and O–H groups in total. The number of alkyl halides is 3. The van der Waals surface area contributed by atoms with Crippen molar-refractivity contribution in [1.82, 2.24) is 30.2 Å². The number of nitrogens with two attached hydrogens (primary N) is 1. The van der Waals surface area contributed by atoms with Gasteiger partial charge in [0.1, 0.15) is 6.04 Å². The van der Waals surface area contributed by atoms with Gasteiger partial charge in [0.05, 0.1) is 28.5 Å². The van der Waals surface area contributed by atoms with Crippen LogP contribution >= 0.6 is 22.9 Å². The van der Waals surface area contributed by atoms with Gasteiger partial charge in [-0.15, -0.1) is 11.3 Å². The summed E-state index contributed by atoms with van der Waals surface area (Å²) >= 11 is 7.64. The van der Waals surface area contributed by atoms with Crippen molar-refractivity contribution in [2.75, 3.05) is 63.4 Å². The molecule has 5 amide bonds. The zero-order chi connectivity index (χ0) is 33.3. The number of nitrogen functional groups attached to an aromatic ring is 1. The topological polar surface area (TPSA) is 126 Å². The number of thiophene rings is 1. The van der Waals surface area contributed by atoms with Crippen molar-refractivity contribution < 1.29 is 27.6 Å². The molecular weight excluding hydrogens is 657 g/mol. The van der Waals surface area contributed by atoms with Gasteiger partial charge in [-0.05, 0) is 48.8 Å². The molecule has 4 aliphatic heterocycles. The van der Waals surface area contributed by atoms with E-state index < -0.39 is 29.5 Å². The third kappa shape index (κ3) is 7.58. The fourth-order valence-corrected chi connectivity index (χ4v) is 8.12. The van der Waals surface area contributed by atoms with Crippen LogP contribution in [0.15, 0.2) is 22.9 Å². The summed E-state index contributed by atoms with van der Waals surface area (Å²) < 4.78 is 41.3. The Morgan fingerprint density at radius 1 is 1.00 bits per heavy atom. The van der Waals surface area contributed by atoms with Gasteiger partial charge in [0, 0.05) is 81.8 Å². The van der Waals surface area contributed by atoms with Crippen LogP contribution in [-0.2, 0) is 23.9 Å².